The van der Waals surface area contributed by atoms with Gasteiger partial charge in [-0.25, -0.2) is 8.42 Å². The van der Waals surface area contributed by atoms with Crippen LogP contribution in [0, 0.1) is 0 Å². The number of hydrogen-bond acceptors (Lipinski definition) is 5. The predicted molar refractivity (Wildman–Crippen MR) is 102 cm³/mol. The van der Waals surface area contributed by atoms with Crippen LogP contribution in [0.2, 0.25) is 5.02 Å². The van der Waals surface area contributed by atoms with Crippen LogP contribution in [0.1, 0.15) is 10.4 Å². The van der Waals surface area contributed by atoms with Crippen molar-refractivity contribution in [3.05, 3.63) is 51.8 Å². The van der Waals surface area contributed by atoms with E-state index in [0.29, 0.717) is 21.1 Å². The quantitative estimate of drug-likeness (QED) is 0.664. The Morgan fingerprint density at radius 1 is 1.23 bits per heavy atom. The third-order valence-electron chi connectivity index (χ3n) is 3.80. The summed E-state index contributed by atoms with van der Waals surface area (Å²) < 4.78 is 31.6. The van der Waals surface area contributed by atoms with Gasteiger partial charge in [-0.15, -0.1) is 0 Å². The minimum absolute atomic E-state index is 0.0329. The van der Waals surface area contributed by atoms with Gasteiger partial charge in [0.2, 0.25) is 0 Å². The lowest BCUT2D eigenvalue weighted by Crippen LogP contribution is -2.15. The first-order chi connectivity index (χ1) is 12.2. The van der Waals surface area contributed by atoms with E-state index < -0.39 is 15.7 Å². The number of aromatic nitrogens is 1. The number of aryl methyl sites for hydroxylation is 1. The SMILES string of the molecule is COc1ccc(Cl)c2sc(=NC(=O)c3ccccc3S(C)(=O)=O)n(C)c12. The lowest BCUT2D eigenvalue weighted by atomic mass is 10.2. The molecule has 0 N–H and O–H groups in total. The standard InChI is InChI=1S/C17H15ClN2O4S2/c1-20-14-12(24-2)9-8-11(18)15(14)25-17(20)19-16(21)10-6-4-5-7-13(10)26(3,22)23/h4-9H,1-3H3. The molecule has 0 atom stereocenters. The topological polar surface area (TPSA) is 77.7 Å². The number of carbonyl (C=O) groups excluding carboxylic acids is 1. The van der Waals surface area contributed by atoms with E-state index in [-0.39, 0.29) is 10.5 Å². The zero-order valence-electron chi connectivity index (χ0n) is 14.2. The van der Waals surface area contributed by atoms with Gasteiger partial charge in [-0.3, -0.25) is 4.79 Å². The molecular weight excluding hydrogens is 396 g/mol. The molecule has 26 heavy (non-hydrogen) atoms. The molecule has 3 aromatic rings. The van der Waals surface area contributed by atoms with Crippen LogP contribution in [-0.4, -0.2) is 32.3 Å². The first kappa shape index (κ1) is 18.6. The number of ether oxygens (including phenoxy) is 1. The van der Waals surface area contributed by atoms with Crippen LogP contribution in [0.4, 0.5) is 0 Å². The van der Waals surface area contributed by atoms with Crippen molar-refractivity contribution in [1.29, 1.82) is 0 Å². The summed E-state index contributed by atoms with van der Waals surface area (Å²) in [6.45, 7) is 0. The van der Waals surface area contributed by atoms with Crippen molar-refractivity contribution >= 4 is 48.9 Å². The molecule has 0 fully saturated rings. The number of amides is 1. The summed E-state index contributed by atoms with van der Waals surface area (Å²) in [7, 11) is -0.260. The summed E-state index contributed by atoms with van der Waals surface area (Å²) in [6.07, 6.45) is 1.06. The summed E-state index contributed by atoms with van der Waals surface area (Å²) in [5, 5.41) is 0.520. The van der Waals surface area contributed by atoms with Crippen molar-refractivity contribution in [2.75, 3.05) is 13.4 Å². The molecule has 1 amide bonds. The maximum Gasteiger partial charge on any atom is 0.280 e. The molecule has 0 aliphatic heterocycles. The maximum absolute atomic E-state index is 12.6. The molecule has 1 heterocycles. The van der Waals surface area contributed by atoms with Gasteiger partial charge in [-0.05, 0) is 24.3 Å². The summed E-state index contributed by atoms with van der Waals surface area (Å²) in [4.78, 5) is 17.1. The molecule has 9 heteroatoms. The molecule has 0 saturated carbocycles. The van der Waals surface area contributed by atoms with Crippen molar-refractivity contribution in [1.82, 2.24) is 4.57 Å². The highest BCUT2D eigenvalue weighted by atomic mass is 35.5. The Balaban J connectivity index is 2.23. The zero-order valence-corrected chi connectivity index (χ0v) is 16.6. The molecule has 0 radical (unpaired) electrons. The second-order valence-corrected chi connectivity index (χ2v) is 8.93. The number of rotatable bonds is 3. The molecule has 1 aromatic heterocycles. The van der Waals surface area contributed by atoms with Crippen molar-refractivity contribution in [3.63, 3.8) is 0 Å². The van der Waals surface area contributed by atoms with E-state index in [9.17, 15) is 13.2 Å². The van der Waals surface area contributed by atoms with E-state index >= 15 is 0 Å². The molecule has 136 valence electrons. The van der Waals surface area contributed by atoms with E-state index in [1.807, 2.05) is 0 Å². The number of nitrogens with zero attached hydrogens (tertiary/aromatic N) is 2. The van der Waals surface area contributed by atoms with Gasteiger partial charge in [-0.2, -0.15) is 4.99 Å². The fourth-order valence-electron chi connectivity index (χ4n) is 2.57. The fourth-order valence-corrected chi connectivity index (χ4v) is 4.76. The molecule has 0 aliphatic rings. The van der Waals surface area contributed by atoms with Crippen molar-refractivity contribution in [3.8, 4) is 5.75 Å². The van der Waals surface area contributed by atoms with Gasteiger partial charge >= 0.3 is 0 Å². The molecule has 0 unspecified atom stereocenters. The zero-order chi connectivity index (χ0) is 19.1. The highest BCUT2D eigenvalue weighted by Crippen LogP contribution is 2.32. The van der Waals surface area contributed by atoms with Gasteiger partial charge in [0.1, 0.15) is 11.3 Å². The predicted octanol–water partition coefficient (Wildman–Crippen LogP) is 3.05. The lowest BCUT2D eigenvalue weighted by Gasteiger charge is -2.05. The first-order valence-corrected chi connectivity index (χ1v) is 10.5. The Labute approximate surface area is 159 Å². The number of sulfone groups is 1. The third kappa shape index (κ3) is 3.27. The molecule has 0 saturated heterocycles. The van der Waals surface area contributed by atoms with Crippen LogP contribution >= 0.6 is 22.9 Å². The molecule has 3 rings (SSSR count). The minimum atomic E-state index is -3.55. The van der Waals surface area contributed by atoms with Crippen LogP contribution in [-0.2, 0) is 16.9 Å². The number of benzene rings is 2. The number of thiazole rings is 1. The molecule has 6 nitrogen and oxygen atoms in total. The maximum atomic E-state index is 12.6. The summed E-state index contributed by atoms with van der Waals surface area (Å²) in [5.74, 6) is -0.0307. The first-order valence-electron chi connectivity index (χ1n) is 7.44. The van der Waals surface area contributed by atoms with E-state index in [2.05, 4.69) is 4.99 Å². The summed E-state index contributed by atoms with van der Waals surface area (Å²) in [6, 6.07) is 9.46. The second kappa shape index (κ2) is 6.86. The number of fused-ring (bicyclic) bond motifs is 1. The molecule has 0 aliphatic carbocycles. The Kier molecular flexibility index (Phi) is 4.92. The minimum Gasteiger partial charge on any atom is -0.495 e. The van der Waals surface area contributed by atoms with Crippen molar-refractivity contribution < 1.29 is 17.9 Å². The molecule has 2 aromatic carbocycles. The van der Waals surface area contributed by atoms with E-state index in [0.717, 1.165) is 11.0 Å². The Morgan fingerprint density at radius 3 is 2.58 bits per heavy atom. The van der Waals surface area contributed by atoms with Gasteiger partial charge in [0.25, 0.3) is 5.91 Å². The van der Waals surface area contributed by atoms with E-state index in [1.165, 1.54) is 23.5 Å². The van der Waals surface area contributed by atoms with Crippen molar-refractivity contribution in [2.45, 2.75) is 4.90 Å². The Hall–Kier alpha value is -2.16. The molecular formula is C17H15ClN2O4S2. The van der Waals surface area contributed by atoms with Crippen LogP contribution in [0.25, 0.3) is 10.2 Å². The highest BCUT2D eigenvalue weighted by molar-refractivity contribution is 7.90. The van der Waals surface area contributed by atoms with Crippen LogP contribution in [0.15, 0.2) is 46.3 Å². The number of methoxy groups -OCH3 is 1. The smallest absolute Gasteiger partial charge is 0.280 e. The summed E-state index contributed by atoms with van der Waals surface area (Å²) >= 11 is 7.48. The Morgan fingerprint density at radius 2 is 1.92 bits per heavy atom. The van der Waals surface area contributed by atoms with Crippen molar-refractivity contribution in [2.24, 2.45) is 12.0 Å². The van der Waals surface area contributed by atoms with Crippen LogP contribution in [0.3, 0.4) is 0 Å². The van der Waals surface area contributed by atoms with E-state index in [4.69, 9.17) is 16.3 Å². The van der Waals surface area contributed by atoms with Gasteiger partial charge in [0.15, 0.2) is 14.6 Å². The van der Waals surface area contributed by atoms with Crippen LogP contribution in [0.5, 0.6) is 5.75 Å². The number of hydrogen-bond donors (Lipinski definition) is 0. The molecule has 0 spiro atoms. The van der Waals surface area contributed by atoms with Gasteiger partial charge in [0, 0.05) is 13.3 Å². The lowest BCUT2D eigenvalue weighted by molar-refractivity contribution is 0.0995. The second-order valence-electron chi connectivity index (χ2n) is 5.56. The van der Waals surface area contributed by atoms with Gasteiger partial charge < -0.3 is 9.30 Å². The number of halogens is 1. The average Bonchev–Trinajstić information content (AvgIpc) is 2.92. The van der Waals surface area contributed by atoms with Gasteiger partial charge in [-0.1, -0.05) is 35.1 Å². The van der Waals surface area contributed by atoms with Crippen LogP contribution < -0.4 is 9.54 Å². The monoisotopic (exact) mass is 410 g/mol. The largest absolute Gasteiger partial charge is 0.495 e. The number of carbonyl (C=O) groups is 1. The average molecular weight is 411 g/mol. The highest BCUT2D eigenvalue weighted by Gasteiger charge is 2.19. The Bertz CT molecular complexity index is 1190. The third-order valence-corrected chi connectivity index (χ3v) is 6.54. The molecule has 0 bridgehead atoms. The summed E-state index contributed by atoms with van der Waals surface area (Å²) in [5.41, 5.74) is 0.749. The fraction of sp³-hybridized carbons (Fsp3) is 0.176. The normalized spacial score (nSPS) is 12.5. The van der Waals surface area contributed by atoms with Gasteiger partial charge in [0.05, 0.1) is 27.3 Å². The van der Waals surface area contributed by atoms with E-state index in [1.54, 1.807) is 43.0 Å².